The van der Waals surface area contributed by atoms with E-state index in [4.69, 9.17) is 4.42 Å². The molecule has 0 saturated carbocycles. The summed E-state index contributed by atoms with van der Waals surface area (Å²) in [6.07, 6.45) is 8.07. The first-order valence-electron chi connectivity index (χ1n) is 30.6. The molecule has 7 aliphatic rings. The molecule has 3 heterocycles. The van der Waals surface area contributed by atoms with Gasteiger partial charge in [0.2, 0.25) is 0 Å². The Morgan fingerprint density at radius 2 is 0.950 bits per heavy atom. The van der Waals surface area contributed by atoms with E-state index in [0.29, 0.717) is 0 Å². The molecule has 1 aromatic heterocycles. The van der Waals surface area contributed by atoms with Crippen LogP contribution in [0.4, 0.5) is 28.4 Å². The minimum absolute atomic E-state index is 0.0117. The van der Waals surface area contributed by atoms with Crippen LogP contribution in [0.5, 0.6) is 0 Å². The second kappa shape index (κ2) is 15.6. The topological polar surface area (TPSA) is 19.6 Å². The number of allylic oxidation sites excluding steroid dienone is 1. The van der Waals surface area contributed by atoms with Crippen LogP contribution >= 0.6 is 0 Å². The molecule has 0 bridgehead atoms. The number of nitrogens with zero attached hydrogens (tertiary/aromatic N) is 2. The first-order valence-corrected chi connectivity index (χ1v) is 30.6. The van der Waals surface area contributed by atoms with Gasteiger partial charge < -0.3 is 14.2 Å². The quantitative estimate of drug-likeness (QED) is 0.172. The smallest absolute Gasteiger partial charge is 0.159 e. The lowest BCUT2D eigenvalue weighted by Crippen LogP contribution is -2.41. The second-order valence-corrected chi connectivity index (χ2v) is 31.3. The van der Waals surface area contributed by atoms with Crippen LogP contribution < -0.4 is 9.80 Å². The molecule has 80 heavy (non-hydrogen) atoms. The Labute approximate surface area is 477 Å². The van der Waals surface area contributed by atoms with Gasteiger partial charge in [0.25, 0.3) is 0 Å². The lowest BCUT2D eigenvalue weighted by molar-refractivity contribution is 0.329. The van der Waals surface area contributed by atoms with Gasteiger partial charge >= 0.3 is 0 Å². The van der Waals surface area contributed by atoms with Crippen LogP contribution in [0, 0.1) is 6.92 Å². The lowest BCUT2D eigenvalue weighted by Gasteiger charge is -2.50. The largest absolute Gasteiger partial charge is 0.454 e. The van der Waals surface area contributed by atoms with Gasteiger partial charge in [-0.05, 0) is 205 Å². The Morgan fingerprint density at radius 1 is 0.425 bits per heavy atom. The molecule has 7 aromatic carbocycles. The highest BCUT2D eigenvalue weighted by Crippen LogP contribution is 2.67. The highest BCUT2D eigenvalue weighted by atomic mass is 16.3. The normalized spacial score (nSPS) is 22.8. The van der Waals surface area contributed by atoms with Crippen LogP contribution in [0.3, 0.4) is 0 Å². The standard InChI is InChI=1S/C77H84N2O/c1-43-35-62-66-63(36-43)79(60-23-20-22-47-45-21-18-19-24-64(45)80-69(47)60)61-42-59-56(76(14,15)57-40-54-55(41-58(57)77(59,16)17)74(10,11)32-31-73(54,8)9)39-49(61)65(66)50-38-48-46(26-28-52-67(48)75(12,13)34-33-71(52,4)5)68(50)78(62)44-25-27-51-53(37-44)72(6,7)30-29-70(51,2)3/h18-28,35-37,39-42,65H,29-34,38H2,1-17H3. The molecule has 0 saturated heterocycles. The molecule has 8 aromatic rings. The van der Waals surface area contributed by atoms with Crippen LogP contribution in [0.2, 0.25) is 0 Å². The maximum atomic E-state index is 7.14. The highest BCUT2D eigenvalue weighted by molar-refractivity contribution is 6.12. The zero-order chi connectivity index (χ0) is 56.1. The second-order valence-electron chi connectivity index (χ2n) is 31.3. The van der Waals surface area contributed by atoms with E-state index in [1.165, 1.54) is 128 Å². The van der Waals surface area contributed by atoms with Gasteiger partial charge in [0.05, 0.1) is 28.4 Å². The number of furan rings is 1. The van der Waals surface area contributed by atoms with Gasteiger partial charge in [-0.25, -0.2) is 0 Å². The van der Waals surface area contributed by atoms with E-state index in [-0.39, 0.29) is 49.2 Å². The van der Waals surface area contributed by atoms with Crippen LogP contribution in [0.25, 0.3) is 27.6 Å². The third-order valence-electron chi connectivity index (χ3n) is 22.8. The van der Waals surface area contributed by atoms with Gasteiger partial charge in [-0.3, -0.25) is 0 Å². The number of hydrogen-bond acceptors (Lipinski definition) is 3. The fourth-order valence-electron chi connectivity index (χ4n) is 17.6. The van der Waals surface area contributed by atoms with Crippen molar-refractivity contribution >= 4 is 56.1 Å². The van der Waals surface area contributed by atoms with Gasteiger partial charge in [0.1, 0.15) is 5.58 Å². The van der Waals surface area contributed by atoms with Crippen molar-refractivity contribution in [2.45, 2.75) is 212 Å². The number of para-hydroxylation sites is 2. The van der Waals surface area contributed by atoms with Crippen LogP contribution in [0.15, 0.2) is 119 Å². The van der Waals surface area contributed by atoms with Crippen molar-refractivity contribution in [1.82, 2.24) is 0 Å². The number of benzene rings is 7. The van der Waals surface area contributed by atoms with Crippen molar-refractivity contribution in [3.63, 3.8) is 0 Å². The summed E-state index contributed by atoms with van der Waals surface area (Å²) in [5, 5.41) is 2.31. The predicted octanol–water partition coefficient (Wildman–Crippen LogP) is 20.9. The first-order chi connectivity index (χ1) is 37.5. The summed E-state index contributed by atoms with van der Waals surface area (Å²) in [7, 11) is 0. The molecule has 5 aliphatic carbocycles. The van der Waals surface area contributed by atoms with E-state index in [1.807, 2.05) is 0 Å². The van der Waals surface area contributed by atoms with Gasteiger partial charge in [-0.2, -0.15) is 0 Å². The van der Waals surface area contributed by atoms with Gasteiger partial charge in [-0.15, -0.1) is 0 Å². The summed E-state index contributed by atoms with van der Waals surface area (Å²) in [6, 6.07) is 44.1. The number of anilines is 5. The van der Waals surface area contributed by atoms with Crippen molar-refractivity contribution < 1.29 is 4.42 Å². The fraction of sp³-hybridized carbons (Fsp3) is 0.429. The molecular weight excluding hydrogens is 969 g/mol. The van der Waals surface area contributed by atoms with Crippen LogP contribution in [-0.4, -0.2) is 0 Å². The number of aryl methyl sites for hydroxylation is 1. The van der Waals surface area contributed by atoms with Crippen LogP contribution in [0.1, 0.15) is 239 Å². The van der Waals surface area contributed by atoms with Crippen molar-refractivity contribution in [2.75, 3.05) is 9.80 Å². The van der Waals surface area contributed by atoms with Gasteiger partial charge in [-0.1, -0.05) is 178 Å². The summed E-state index contributed by atoms with van der Waals surface area (Å²) in [5.74, 6) is 0.0117. The van der Waals surface area contributed by atoms with Crippen molar-refractivity contribution in [1.29, 1.82) is 0 Å². The summed E-state index contributed by atoms with van der Waals surface area (Å²) >= 11 is 0. The lowest BCUT2D eigenvalue weighted by atomic mass is 9.55. The van der Waals surface area contributed by atoms with E-state index in [0.717, 1.165) is 34.0 Å². The maximum absolute atomic E-state index is 7.14. The Hall–Kier alpha value is -6.32. The molecule has 0 N–H and O–H groups in total. The molecule has 1 atom stereocenters. The predicted molar refractivity (Wildman–Crippen MR) is 337 cm³/mol. The molecule has 0 fully saturated rings. The molecule has 0 spiro atoms. The number of fused-ring (bicyclic) bond motifs is 14. The average molecular weight is 1050 g/mol. The van der Waals surface area contributed by atoms with E-state index in [2.05, 4.69) is 237 Å². The SMILES string of the molecule is Cc1cc2c3c(c1)N(c1cccc4c1oc1ccccc14)c1cc4c(cc1C3C1=C(c3ccc5c(c3C1)C(C)(C)CCC5(C)C)N2c1ccc2c(c1)C(C)(C)CCC2(C)C)C(C)(C)c1cc2c(cc1C4(C)C)C(C)(C)CCC2(C)C. The summed E-state index contributed by atoms with van der Waals surface area (Å²) in [4.78, 5) is 5.44. The molecule has 0 amide bonds. The van der Waals surface area contributed by atoms with Crippen molar-refractivity contribution in [3.8, 4) is 0 Å². The third kappa shape index (κ3) is 6.56. The Balaban J connectivity index is 1.06. The molecule has 2 aliphatic heterocycles. The number of hydrogen-bond donors (Lipinski definition) is 0. The zero-order valence-electron chi connectivity index (χ0n) is 51.2. The Bertz CT molecular complexity index is 4130. The minimum atomic E-state index is -0.277. The van der Waals surface area contributed by atoms with Gasteiger partial charge in [0.15, 0.2) is 5.58 Å². The van der Waals surface area contributed by atoms with Crippen molar-refractivity contribution in [3.05, 3.63) is 198 Å². The van der Waals surface area contributed by atoms with E-state index >= 15 is 0 Å². The Morgan fingerprint density at radius 3 is 1.60 bits per heavy atom. The Kier molecular flexibility index (Phi) is 9.88. The monoisotopic (exact) mass is 1050 g/mol. The number of rotatable bonds is 2. The maximum Gasteiger partial charge on any atom is 0.159 e. The van der Waals surface area contributed by atoms with E-state index in [9.17, 15) is 0 Å². The highest BCUT2D eigenvalue weighted by Gasteiger charge is 2.52. The van der Waals surface area contributed by atoms with Crippen molar-refractivity contribution in [2.24, 2.45) is 0 Å². The molecule has 15 rings (SSSR count). The van der Waals surface area contributed by atoms with Gasteiger partial charge in [0, 0.05) is 44.3 Å². The molecular formula is C77H84N2O. The fourth-order valence-corrected chi connectivity index (χ4v) is 17.6. The minimum Gasteiger partial charge on any atom is -0.454 e. The summed E-state index contributed by atoms with van der Waals surface area (Å²) < 4.78 is 7.14. The first kappa shape index (κ1) is 50.6. The summed E-state index contributed by atoms with van der Waals surface area (Å²) in [5.41, 5.74) is 33.1. The zero-order valence-corrected chi connectivity index (χ0v) is 51.2. The molecule has 3 nitrogen and oxygen atoms in total. The van der Waals surface area contributed by atoms with E-state index in [1.54, 1.807) is 27.8 Å². The molecule has 408 valence electrons. The third-order valence-corrected chi connectivity index (χ3v) is 22.8. The van der Waals surface area contributed by atoms with Crippen LogP contribution in [-0.2, 0) is 49.7 Å². The summed E-state index contributed by atoms with van der Waals surface area (Å²) in [6.45, 7) is 42.5. The average Bonchev–Trinajstić information content (AvgIpc) is 3.68. The van der Waals surface area contributed by atoms with E-state index < -0.39 is 0 Å². The molecule has 0 radical (unpaired) electrons. The molecule has 3 heteroatoms. The molecule has 1 unspecified atom stereocenters.